The van der Waals surface area contributed by atoms with Crippen LogP contribution in [0.25, 0.3) is 0 Å². The molecule has 1 unspecified atom stereocenters. The maximum atomic E-state index is 11.1. The Morgan fingerprint density at radius 2 is 2.10 bits per heavy atom. The monoisotopic (exact) mass is 274 g/mol. The van der Waals surface area contributed by atoms with E-state index in [4.69, 9.17) is 9.84 Å². The lowest BCUT2D eigenvalue weighted by molar-refractivity contribution is -0.145. The van der Waals surface area contributed by atoms with Crippen LogP contribution in [0.3, 0.4) is 0 Å². The lowest BCUT2D eigenvalue weighted by Gasteiger charge is -2.39. The van der Waals surface area contributed by atoms with Gasteiger partial charge in [-0.2, -0.15) is 0 Å². The minimum Gasteiger partial charge on any atom is -0.481 e. The molecule has 2 aliphatic rings. The van der Waals surface area contributed by atoms with Gasteiger partial charge in [-0.1, -0.05) is 25.1 Å². The molecule has 108 valence electrons. The Hall–Kier alpha value is -1.35. The Morgan fingerprint density at radius 1 is 1.40 bits per heavy atom. The second-order valence-electron chi connectivity index (χ2n) is 6.36. The van der Waals surface area contributed by atoms with E-state index in [0.29, 0.717) is 6.61 Å². The second-order valence-corrected chi connectivity index (χ2v) is 6.36. The summed E-state index contributed by atoms with van der Waals surface area (Å²) in [6.07, 6.45) is 3.79. The minimum atomic E-state index is -0.671. The molecule has 0 amide bonds. The predicted octanol–water partition coefficient (Wildman–Crippen LogP) is 3.63. The van der Waals surface area contributed by atoms with Crippen molar-refractivity contribution in [2.75, 3.05) is 0 Å². The summed E-state index contributed by atoms with van der Waals surface area (Å²) in [6, 6.07) is 6.40. The largest absolute Gasteiger partial charge is 0.481 e. The highest BCUT2D eigenvalue weighted by Gasteiger charge is 2.45. The summed E-state index contributed by atoms with van der Waals surface area (Å²) in [6.45, 7) is 4.69. The zero-order valence-corrected chi connectivity index (χ0v) is 12.2. The van der Waals surface area contributed by atoms with Crippen LogP contribution in [0.1, 0.15) is 49.3 Å². The van der Waals surface area contributed by atoms with Gasteiger partial charge in [0, 0.05) is 0 Å². The third-order valence-corrected chi connectivity index (χ3v) is 5.25. The molecule has 1 atom stereocenters. The molecule has 0 bridgehead atoms. The Kier molecular flexibility index (Phi) is 3.33. The van der Waals surface area contributed by atoms with Gasteiger partial charge in [0.05, 0.1) is 18.1 Å². The Bertz CT molecular complexity index is 527. The highest BCUT2D eigenvalue weighted by Crippen LogP contribution is 2.50. The van der Waals surface area contributed by atoms with Crippen molar-refractivity contribution in [3.05, 3.63) is 34.9 Å². The van der Waals surface area contributed by atoms with Crippen molar-refractivity contribution in [3.8, 4) is 0 Å². The second kappa shape index (κ2) is 4.88. The highest BCUT2D eigenvalue weighted by atomic mass is 16.5. The topological polar surface area (TPSA) is 46.5 Å². The molecule has 3 heteroatoms. The van der Waals surface area contributed by atoms with Gasteiger partial charge in [-0.05, 0) is 55.2 Å². The normalized spacial score (nSPS) is 30.2. The molecule has 0 saturated heterocycles. The van der Waals surface area contributed by atoms with Crippen molar-refractivity contribution in [2.45, 2.75) is 51.7 Å². The number of aryl methyl sites for hydroxylation is 1. The first-order valence-electron chi connectivity index (χ1n) is 7.49. The van der Waals surface area contributed by atoms with Crippen molar-refractivity contribution in [1.82, 2.24) is 0 Å². The summed E-state index contributed by atoms with van der Waals surface area (Å²) in [4.78, 5) is 11.1. The summed E-state index contributed by atoms with van der Waals surface area (Å²) >= 11 is 0. The fourth-order valence-electron chi connectivity index (χ4n) is 3.99. The van der Waals surface area contributed by atoms with Crippen LogP contribution in [0.5, 0.6) is 0 Å². The molecule has 1 spiro atoms. The zero-order valence-electron chi connectivity index (χ0n) is 12.2. The molecule has 3 rings (SSSR count). The van der Waals surface area contributed by atoms with Gasteiger partial charge in [0.1, 0.15) is 0 Å². The van der Waals surface area contributed by atoms with E-state index in [2.05, 4.69) is 25.1 Å². The zero-order chi connectivity index (χ0) is 14.3. The molecular formula is C17H22O3. The van der Waals surface area contributed by atoms with Crippen LogP contribution in [-0.4, -0.2) is 11.1 Å². The third kappa shape index (κ3) is 2.05. The van der Waals surface area contributed by atoms with E-state index in [9.17, 15) is 4.79 Å². The van der Waals surface area contributed by atoms with E-state index in [0.717, 1.165) is 25.7 Å². The minimum absolute atomic E-state index is 0.143. The first kappa shape index (κ1) is 13.6. The number of hydrogen-bond acceptors (Lipinski definition) is 2. The number of carbonyl (C=O) groups is 1. The Morgan fingerprint density at radius 3 is 2.75 bits per heavy atom. The van der Waals surface area contributed by atoms with Gasteiger partial charge in [0.25, 0.3) is 0 Å². The molecule has 1 saturated carbocycles. The summed E-state index contributed by atoms with van der Waals surface area (Å²) in [5, 5.41) is 9.16. The maximum Gasteiger partial charge on any atom is 0.306 e. The van der Waals surface area contributed by atoms with E-state index in [1.165, 1.54) is 16.7 Å². The summed E-state index contributed by atoms with van der Waals surface area (Å²) < 4.78 is 6.17. The number of fused-ring (bicyclic) bond motifs is 2. The predicted molar refractivity (Wildman–Crippen MR) is 76.4 cm³/mol. The van der Waals surface area contributed by atoms with Crippen molar-refractivity contribution < 1.29 is 14.6 Å². The molecule has 0 aromatic heterocycles. The molecule has 1 aliphatic heterocycles. The maximum absolute atomic E-state index is 11.1. The van der Waals surface area contributed by atoms with Crippen LogP contribution in [0, 0.1) is 18.8 Å². The summed E-state index contributed by atoms with van der Waals surface area (Å²) in [5.41, 5.74) is 3.86. The van der Waals surface area contributed by atoms with Gasteiger partial charge in [-0.3, -0.25) is 4.79 Å². The van der Waals surface area contributed by atoms with Gasteiger partial charge in [0.15, 0.2) is 0 Å². The Balaban J connectivity index is 1.81. The van der Waals surface area contributed by atoms with Crippen LogP contribution in [0.4, 0.5) is 0 Å². The van der Waals surface area contributed by atoms with Crippen LogP contribution < -0.4 is 0 Å². The standard InChI is InChI=1S/C17H22O3/c1-11-4-3-5-14-10-20-17(15(11)14)8-6-13(7-9-17)12(2)16(18)19/h3-5,12-13H,6-10H2,1-2H3,(H,18,19). The number of carboxylic acid groups (broad SMARTS) is 1. The molecule has 1 aromatic rings. The van der Waals surface area contributed by atoms with Crippen LogP contribution in [0.2, 0.25) is 0 Å². The third-order valence-electron chi connectivity index (χ3n) is 5.25. The molecule has 1 heterocycles. The molecule has 0 radical (unpaired) electrons. The molecule has 3 nitrogen and oxygen atoms in total. The summed E-state index contributed by atoms with van der Waals surface area (Å²) in [7, 11) is 0. The number of aliphatic carboxylic acids is 1. The molecule has 1 N–H and O–H groups in total. The fraction of sp³-hybridized carbons (Fsp3) is 0.588. The average Bonchev–Trinajstić information content (AvgIpc) is 2.79. The van der Waals surface area contributed by atoms with Gasteiger partial charge < -0.3 is 9.84 Å². The first-order valence-corrected chi connectivity index (χ1v) is 7.49. The lowest BCUT2D eigenvalue weighted by Crippen LogP contribution is -2.35. The van der Waals surface area contributed by atoms with E-state index in [1.54, 1.807) is 0 Å². The van der Waals surface area contributed by atoms with Crippen LogP contribution in [-0.2, 0) is 21.7 Å². The van der Waals surface area contributed by atoms with Gasteiger partial charge in [-0.25, -0.2) is 0 Å². The number of hydrogen-bond donors (Lipinski definition) is 1. The van der Waals surface area contributed by atoms with Crippen molar-refractivity contribution in [1.29, 1.82) is 0 Å². The van der Waals surface area contributed by atoms with E-state index in [-0.39, 0.29) is 17.4 Å². The molecular weight excluding hydrogens is 252 g/mol. The molecule has 20 heavy (non-hydrogen) atoms. The number of ether oxygens (including phenoxy) is 1. The van der Waals surface area contributed by atoms with Gasteiger partial charge in [-0.15, -0.1) is 0 Å². The van der Waals surface area contributed by atoms with E-state index >= 15 is 0 Å². The molecule has 1 aliphatic carbocycles. The first-order chi connectivity index (χ1) is 9.53. The number of rotatable bonds is 2. The fourth-order valence-corrected chi connectivity index (χ4v) is 3.99. The number of benzene rings is 1. The SMILES string of the molecule is Cc1cccc2c1C1(CCC(C(C)C(=O)O)CC1)OC2. The van der Waals surface area contributed by atoms with Gasteiger partial charge >= 0.3 is 5.97 Å². The van der Waals surface area contributed by atoms with E-state index in [1.807, 2.05) is 6.92 Å². The smallest absolute Gasteiger partial charge is 0.306 e. The lowest BCUT2D eigenvalue weighted by atomic mass is 9.70. The number of carboxylic acids is 1. The summed E-state index contributed by atoms with van der Waals surface area (Å²) in [5.74, 6) is -0.630. The van der Waals surface area contributed by atoms with Gasteiger partial charge in [0.2, 0.25) is 0 Å². The van der Waals surface area contributed by atoms with Crippen LogP contribution in [0.15, 0.2) is 18.2 Å². The van der Waals surface area contributed by atoms with Crippen LogP contribution >= 0.6 is 0 Å². The Labute approximate surface area is 120 Å². The van der Waals surface area contributed by atoms with Crippen molar-refractivity contribution in [3.63, 3.8) is 0 Å². The molecule has 1 aromatic carbocycles. The average molecular weight is 274 g/mol. The van der Waals surface area contributed by atoms with E-state index < -0.39 is 5.97 Å². The molecule has 1 fully saturated rings. The van der Waals surface area contributed by atoms with Crippen molar-refractivity contribution >= 4 is 5.97 Å². The highest BCUT2D eigenvalue weighted by molar-refractivity contribution is 5.69. The quantitative estimate of drug-likeness (QED) is 0.895. The van der Waals surface area contributed by atoms with Crippen molar-refractivity contribution in [2.24, 2.45) is 11.8 Å².